The molecule has 29 heavy (non-hydrogen) atoms. The number of rotatable bonds is 8. The lowest BCUT2D eigenvalue weighted by Gasteiger charge is -2.32. The molecule has 3 atom stereocenters. The third-order valence-corrected chi connectivity index (χ3v) is 7.10. The van der Waals surface area contributed by atoms with Gasteiger partial charge in [0, 0.05) is 17.5 Å². The second-order valence-corrected chi connectivity index (χ2v) is 9.64. The molecule has 0 aliphatic heterocycles. The van der Waals surface area contributed by atoms with Crippen LogP contribution in [0.25, 0.3) is 0 Å². The number of halogens is 1. The fourth-order valence-corrected chi connectivity index (χ4v) is 4.70. The van der Waals surface area contributed by atoms with Crippen molar-refractivity contribution < 1.29 is 18.3 Å². The van der Waals surface area contributed by atoms with Crippen molar-refractivity contribution in [3.63, 3.8) is 0 Å². The van der Waals surface area contributed by atoms with Crippen molar-refractivity contribution in [3.8, 4) is 6.07 Å². The number of nitrogens with two attached hydrogens (primary N) is 2. The van der Waals surface area contributed by atoms with Crippen molar-refractivity contribution in [2.24, 2.45) is 11.5 Å². The number of carbonyl (C=O) groups excluding carboxylic acids is 1. The summed E-state index contributed by atoms with van der Waals surface area (Å²) in [4.78, 5) is 11.8. The highest BCUT2D eigenvalue weighted by molar-refractivity contribution is 7.92. The van der Waals surface area contributed by atoms with Crippen LogP contribution in [0.4, 0.5) is 0 Å². The molecule has 3 unspecified atom stereocenters. The number of primary amides is 1. The van der Waals surface area contributed by atoms with E-state index in [-0.39, 0.29) is 11.3 Å². The predicted octanol–water partition coefficient (Wildman–Crippen LogP) is 1.55. The summed E-state index contributed by atoms with van der Waals surface area (Å²) in [7, 11) is -4.15. The van der Waals surface area contributed by atoms with Crippen LogP contribution >= 0.6 is 11.6 Å². The molecular formula is C20H22ClN3O4S. The number of hydrogen-bond donors (Lipinski definition) is 3. The molecule has 0 radical (unpaired) electrons. The van der Waals surface area contributed by atoms with Gasteiger partial charge in [0.25, 0.3) is 0 Å². The lowest BCUT2D eigenvalue weighted by molar-refractivity contribution is -0.119. The molecule has 154 valence electrons. The summed E-state index contributed by atoms with van der Waals surface area (Å²) >= 11 is 5.79. The third-order valence-electron chi connectivity index (χ3n) is 4.77. The Labute approximate surface area is 174 Å². The molecular weight excluding hydrogens is 414 g/mol. The van der Waals surface area contributed by atoms with Gasteiger partial charge >= 0.3 is 0 Å². The molecule has 2 aromatic rings. The standard InChI is InChI=1S/C20H22ClN3O4S/c1-20(26,18(23)10-13-2-4-14(12-22)5-3-13)11-17(19(24)25)29(27,28)16-8-6-15(21)7-9-16/h2-9,17-18,26H,10-11,23H2,1H3,(H2,24,25). The first-order valence-corrected chi connectivity index (χ1v) is 10.7. The minimum absolute atomic E-state index is 0.123. The Morgan fingerprint density at radius 2 is 1.76 bits per heavy atom. The fourth-order valence-electron chi connectivity index (χ4n) is 2.87. The van der Waals surface area contributed by atoms with Crippen LogP contribution in [0.2, 0.25) is 5.02 Å². The molecule has 0 saturated carbocycles. The Morgan fingerprint density at radius 1 is 1.21 bits per heavy atom. The van der Waals surface area contributed by atoms with Crippen LogP contribution in [0, 0.1) is 11.3 Å². The molecule has 2 aromatic carbocycles. The highest BCUT2D eigenvalue weighted by atomic mass is 35.5. The summed E-state index contributed by atoms with van der Waals surface area (Å²) < 4.78 is 25.8. The molecule has 5 N–H and O–H groups in total. The largest absolute Gasteiger partial charge is 0.388 e. The Balaban J connectivity index is 2.24. The van der Waals surface area contributed by atoms with Gasteiger partial charge in [-0.1, -0.05) is 23.7 Å². The maximum atomic E-state index is 12.9. The summed E-state index contributed by atoms with van der Waals surface area (Å²) in [6.07, 6.45) is -0.254. The lowest BCUT2D eigenvalue weighted by Crippen LogP contribution is -2.52. The van der Waals surface area contributed by atoms with E-state index in [4.69, 9.17) is 28.3 Å². The van der Waals surface area contributed by atoms with Gasteiger partial charge in [0.2, 0.25) is 5.91 Å². The van der Waals surface area contributed by atoms with Gasteiger partial charge in [-0.05, 0) is 55.3 Å². The highest BCUT2D eigenvalue weighted by Crippen LogP contribution is 2.27. The zero-order chi connectivity index (χ0) is 21.8. The predicted molar refractivity (Wildman–Crippen MR) is 110 cm³/mol. The number of benzene rings is 2. The second-order valence-electron chi connectivity index (χ2n) is 7.07. The molecule has 0 aromatic heterocycles. The van der Waals surface area contributed by atoms with Crippen molar-refractivity contribution in [2.45, 2.75) is 41.6 Å². The van der Waals surface area contributed by atoms with Crippen molar-refractivity contribution in [2.75, 3.05) is 0 Å². The summed E-state index contributed by atoms with van der Waals surface area (Å²) in [5, 5.41) is 18.4. The zero-order valence-corrected chi connectivity index (χ0v) is 17.3. The summed E-state index contributed by atoms with van der Waals surface area (Å²) in [5.74, 6) is -1.08. The van der Waals surface area contributed by atoms with E-state index in [9.17, 15) is 18.3 Å². The van der Waals surface area contributed by atoms with Gasteiger partial charge in [0.05, 0.1) is 22.1 Å². The SMILES string of the molecule is CC(O)(CC(C(N)=O)S(=O)(=O)c1ccc(Cl)cc1)C(N)Cc1ccc(C#N)cc1. The number of nitrogens with zero attached hydrogens (tertiary/aromatic N) is 1. The molecule has 9 heteroatoms. The number of sulfone groups is 1. The van der Waals surface area contributed by atoms with Crippen molar-refractivity contribution in [1.29, 1.82) is 5.26 Å². The summed E-state index contributed by atoms with van der Waals surface area (Å²) in [5.41, 5.74) is 11.0. The van der Waals surface area contributed by atoms with Gasteiger partial charge < -0.3 is 16.6 Å². The number of nitriles is 1. The van der Waals surface area contributed by atoms with Crippen LogP contribution in [0.1, 0.15) is 24.5 Å². The normalized spacial score (nSPS) is 15.7. The highest BCUT2D eigenvalue weighted by Gasteiger charge is 2.41. The van der Waals surface area contributed by atoms with Gasteiger partial charge in [-0.25, -0.2) is 8.42 Å². The monoisotopic (exact) mass is 435 g/mol. The number of amides is 1. The third kappa shape index (κ3) is 5.55. The average molecular weight is 436 g/mol. The van der Waals surface area contributed by atoms with Crippen molar-refractivity contribution in [3.05, 3.63) is 64.7 Å². The van der Waals surface area contributed by atoms with Crippen LogP contribution in [0.3, 0.4) is 0 Å². The van der Waals surface area contributed by atoms with Gasteiger partial charge in [-0.2, -0.15) is 5.26 Å². The van der Waals surface area contributed by atoms with Crippen molar-refractivity contribution in [1.82, 2.24) is 0 Å². The van der Waals surface area contributed by atoms with E-state index in [1.165, 1.54) is 31.2 Å². The number of aliphatic hydroxyl groups is 1. The molecule has 0 heterocycles. The molecule has 0 aliphatic carbocycles. The van der Waals surface area contributed by atoms with Crippen LogP contribution in [0.15, 0.2) is 53.4 Å². The van der Waals surface area contributed by atoms with E-state index in [0.29, 0.717) is 10.6 Å². The van der Waals surface area contributed by atoms with Gasteiger partial charge in [0.15, 0.2) is 9.84 Å². The topological polar surface area (TPSA) is 147 Å². The van der Waals surface area contributed by atoms with Gasteiger partial charge in [0.1, 0.15) is 5.25 Å². The maximum absolute atomic E-state index is 12.9. The van der Waals surface area contributed by atoms with E-state index < -0.39 is 39.1 Å². The first-order valence-electron chi connectivity index (χ1n) is 8.73. The van der Waals surface area contributed by atoms with E-state index in [1.807, 2.05) is 6.07 Å². The Hall–Kier alpha value is -2.44. The number of hydrogen-bond acceptors (Lipinski definition) is 6. The average Bonchev–Trinajstić information content (AvgIpc) is 2.66. The van der Waals surface area contributed by atoms with E-state index in [1.54, 1.807) is 24.3 Å². The minimum atomic E-state index is -4.15. The van der Waals surface area contributed by atoms with Crippen LogP contribution in [-0.4, -0.2) is 36.3 Å². The Morgan fingerprint density at radius 3 is 2.24 bits per heavy atom. The summed E-state index contributed by atoms with van der Waals surface area (Å²) in [6, 6.07) is 13.1. The van der Waals surface area contributed by atoms with E-state index >= 15 is 0 Å². The zero-order valence-electron chi connectivity index (χ0n) is 15.7. The number of carbonyl (C=O) groups is 1. The first kappa shape index (κ1) is 22.8. The molecule has 1 amide bonds. The molecule has 0 saturated heterocycles. The van der Waals surface area contributed by atoms with Gasteiger partial charge in [-0.15, -0.1) is 0 Å². The quantitative estimate of drug-likeness (QED) is 0.573. The van der Waals surface area contributed by atoms with Crippen LogP contribution < -0.4 is 11.5 Å². The van der Waals surface area contributed by atoms with E-state index in [2.05, 4.69) is 0 Å². The van der Waals surface area contributed by atoms with Crippen LogP contribution in [0.5, 0.6) is 0 Å². The molecule has 0 aliphatic rings. The molecule has 7 nitrogen and oxygen atoms in total. The second kappa shape index (κ2) is 8.93. The first-order chi connectivity index (χ1) is 13.5. The summed E-state index contributed by atoms with van der Waals surface area (Å²) in [6.45, 7) is 1.37. The Kier molecular flexibility index (Phi) is 7.03. The lowest BCUT2D eigenvalue weighted by atomic mass is 9.87. The molecule has 0 bridgehead atoms. The minimum Gasteiger partial charge on any atom is -0.388 e. The van der Waals surface area contributed by atoms with Gasteiger partial charge in [-0.3, -0.25) is 4.79 Å². The molecule has 0 fully saturated rings. The smallest absolute Gasteiger partial charge is 0.236 e. The maximum Gasteiger partial charge on any atom is 0.236 e. The molecule has 0 spiro atoms. The molecule has 2 rings (SSSR count). The van der Waals surface area contributed by atoms with E-state index in [0.717, 1.165) is 5.56 Å². The van der Waals surface area contributed by atoms with Crippen LogP contribution in [-0.2, 0) is 21.1 Å². The fraction of sp³-hybridized carbons (Fsp3) is 0.300. The van der Waals surface area contributed by atoms with Crippen molar-refractivity contribution >= 4 is 27.3 Å². The Bertz CT molecular complexity index is 1010.